The van der Waals surface area contributed by atoms with Crippen LogP contribution in [-0.2, 0) is 0 Å². The highest BCUT2D eigenvalue weighted by Crippen LogP contribution is 2.18. The van der Waals surface area contributed by atoms with Crippen molar-refractivity contribution in [3.63, 3.8) is 0 Å². The van der Waals surface area contributed by atoms with Gasteiger partial charge in [-0.05, 0) is 0 Å². The highest BCUT2D eigenvalue weighted by Gasteiger charge is 2.07. The zero-order valence-electron chi connectivity index (χ0n) is 9.82. The molecule has 3 N–H and O–H groups in total. The lowest BCUT2D eigenvalue weighted by molar-refractivity contribution is 0.423. The van der Waals surface area contributed by atoms with Crippen LogP contribution in [0.2, 0.25) is 0 Å². The van der Waals surface area contributed by atoms with E-state index in [-0.39, 0.29) is 5.95 Å². The van der Waals surface area contributed by atoms with E-state index in [1.54, 1.807) is 6.07 Å². The first-order chi connectivity index (χ1) is 9.31. The third kappa shape index (κ3) is 2.49. The third-order valence-electron chi connectivity index (χ3n) is 2.36. The Labute approximate surface area is 108 Å². The standard InChI is InChI=1S/C12H10N6O/c13-11-15-10(8-4-2-1-3-5-8)16-12(17-11)14-9-6-7-19-18-9/h1-7H,(H3,13,14,15,16,17,18). The molecule has 0 saturated carbocycles. The summed E-state index contributed by atoms with van der Waals surface area (Å²) >= 11 is 0. The monoisotopic (exact) mass is 254 g/mol. The average Bonchev–Trinajstić information content (AvgIpc) is 2.92. The van der Waals surface area contributed by atoms with Crippen molar-refractivity contribution in [3.05, 3.63) is 42.7 Å². The SMILES string of the molecule is Nc1nc(Nc2ccon2)nc(-c2ccccc2)n1. The van der Waals surface area contributed by atoms with Crippen LogP contribution in [0.15, 0.2) is 47.2 Å². The van der Waals surface area contributed by atoms with Crippen LogP contribution in [0.3, 0.4) is 0 Å². The van der Waals surface area contributed by atoms with Gasteiger partial charge in [-0.2, -0.15) is 15.0 Å². The van der Waals surface area contributed by atoms with Crippen LogP contribution in [0.1, 0.15) is 0 Å². The molecule has 3 aromatic rings. The van der Waals surface area contributed by atoms with Crippen molar-refractivity contribution >= 4 is 17.7 Å². The summed E-state index contributed by atoms with van der Waals surface area (Å²) in [6, 6.07) is 11.2. The van der Waals surface area contributed by atoms with Gasteiger partial charge in [0, 0.05) is 11.6 Å². The normalized spacial score (nSPS) is 10.3. The zero-order valence-corrected chi connectivity index (χ0v) is 9.82. The second kappa shape index (κ2) is 4.73. The van der Waals surface area contributed by atoms with Gasteiger partial charge in [-0.15, -0.1) is 0 Å². The number of aromatic nitrogens is 4. The lowest BCUT2D eigenvalue weighted by Crippen LogP contribution is -2.05. The number of rotatable bonds is 3. The van der Waals surface area contributed by atoms with Crippen LogP contribution >= 0.6 is 0 Å². The molecule has 2 aromatic heterocycles. The van der Waals surface area contributed by atoms with Crippen LogP contribution in [0.4, 0.5) is 17.7 Å². The van der Waals surface area contributed by atoms with E-state index in [2.05, 4.69) is 25.4 Å². The first-order valence-electron chi connectivity index (χ1n) is 5.55. The van der Waals surface area contributed by atoms with Gasteiger partial charge in [-0.1, -0.05) is 35.5 Å². The molecular formula is C12H10N6O. The van der Waals surface area contributed by atoms with Gasteiger partial charge < -0.3 is 15.6 Å². The summed E-state index contributed by atoms with van der Waals surface area (Å²) in [5.41, 5.74) is 6.54. The van der Waals surface area contributed by atoms with E-state index in [1.807, 2.05) is 30.3 Å². The molecule has 19 heavy (non-hydrogen) atoms. The maximum absolute atomic E-state index is 5.68. The topological polar surface area (TPSA) is 103 Å². The molecule has 7 nitrogen and oxygen atoms in total. The number of nitrogens with one attached hydrogen (secondary N) is 1. The summed E-state index contributed by atoms with van der Waals surface area (Å²) in [5, 5.41) is 6.60. The number of nitrogens with two attached hydrogens (primary N) is 1. The highest BCUT2D eigenvalue weighted by molar-refractivity contribution is 5.58. The van der Waals surface area contributed by atoms with Gasteiger partial charge in [0.15, 0.2) is 11.6 Å². The molecule has 0 unspecified atom stereocenters. The van der Waals surface area contributed by atoms with Gasteiger partial charge in [-0.25, -0.2) is 0 Å². The van der Waals surface area contributed by atoms with Crippen LogP contribution in [-0.4, -0.2) is 20.1 Å². The lowest BCUT2D eigenvalue weighted by Gasteiger charge is -2.04. The molecule has 0 aliphatic heterocycles. The summed E-state index contributed by atoms with van der Waals surface area (Å²) in [4.78, 5) is 12.4. The van der Waals surface area contributed by atoms with E-state index >= 15 is 0 Å². The smallest absolute Gasteiger partial charge is 0.233 e. The third-order valence-corrected chi connectivity index (χ3v) is 2.36. The van der Waals surface area contributed by atoms with Gasteiger partial charge >= 0.3 is 0 Å². The molecule has 0 radical (unpaired) electrons. The Kier molecular flexibility index (Phi) is 2.77. The number of hydrogen-bond donors (Lipinski definition) is 2. The second-order valence-electron chi connectivity index (χ2n) is 3.72. The molecule has 1 aromatic carbocycles. The summed E-state index contributed by atoms with van der Waals surface area (Å²) < 4.78 is 4.72. The average molecular weight is 254 g/mol. The number of benzene rings is 1. The highest BCUT2D eigenvalue weighted by atomic mass is 16.5. The first kappa shape index (κ1) is 11.1. The molecule has 0 saturated heterocycles. The molecule has 0 aliphatic carbocycles. The van der Waals surface area contributed by atoms with Gasteiger partial charge in [0.25, 0.3) is 0 Å². The Balaban J connectivity index is 1.97. The lowest BCUT2D eigenvalue weighted by atomic mass is 10.2. The molecule has 0 spiro atoms. The molecule has 3 rings (SSSR count). The maximum Gasteiger partial charge on any atom is 0.233 e. The second-order valence-corrected chi connectivity index (χ2v) is 3.72. The van der Waals surface area contributed by atoms with Crippen molar-refractivity contribution in [2.75, 3.05) is 11.1 Å². The summed E-state index contributed by atoms with van der Waals surface area (Å²) in [6.45, 7) is 0. The molecule has 0 bridgehead atoms. The van der Waals surface area contributed by atoms with Gasteiger partial charge in [-0.3, -0.25) is 0 Å². The van der Waals surface area contributed by atoms with E-state index in [4.69, 9.17) is 10.3 Å². The van der Waals surface area contributed by atoms with Crippen molar-refractivity contribution in [1.82, 2.24) is 20.1 Å². The minimum Gasteiger partial charge on any atom is -0.368 e. The predicted molar refractivity (Wildman–Crippen MR) is 69.5 cm³/mol. The van der Waals surface area contributed by atoms with Crippen LogP contribution < -0.4 is 11.1 Å². The summed E-state index contributed by atoms with van der Waals surface area (Å²) in [6.07, 6.45) is 1.45. The van der Waals surface area contributed by atoms with E-state index in [0.717, 1.165) is 5.56 Å². The van der Waals surface area contributed by atoms with Crippen LogP contribution in [0, 0.1) is 0 Å². The van der Waals surface area contributed by atoms with Crippen molar-refractivity contribution < 1.29 is 4.52 Å². The Hall–Kier alpha value is -2.96. The fourth-order valence-electron chi connectivity index (χ4n) is 1.56. The Morgan fingerprint density at radius 2 is 1.84 bits per heavy atom. The van der Waals surface area contributed by atoms with Crippen molar-refractivity contribution in [3.8, 4) is 11.4 Å². The van der Waals surface area contributed by atoms with E-state index < -0.39 is 0 Å². The van der Waals surface area contributed by atoms with Gasteiger partial charge in [0.05, 0.1) is 0 Å². The molecule has 7 heteroatoms. The Bertz CT molecular complexity index is 668. The fraction of sp³-hybridized carbons (Fsp3) is 0. The Morgan fingerprint density at radius 1 is 1.00 bits per heavy atom. The Morgan fingerprint density at radius 3 is 2.58 bits per heavy atom. The molecule has 0 aliphatic rings. The van der Waals surface area contributed by atoms with Crippen molar-refractivity contribution in [2.24, 2.45) is 0 Å². The zero-order chi connectivity index (χ0) is 13.1. The molecule has 2 heterocycles. The van der Waals surface area contributed by atoms with Crippen molar-refractivity contribution in [2.45, 2.75) is 0 Å². The minimum absolute atomic E-state index is 0.139. The molecule has 94 valence electrons. The van der Waals surface area contributed by atoms with Crippen LogP contribution in [0.5, 0.6) is 0 Å². The fourth-order valence-corrected chi connectivity index (χ4v) is 1.56. The largest absolute Gasteiger partial charge is 0.368 e. The number of hydrogen-bond acceptors (Lipinski definition) is 7. The van der Waals surface area contributed by atoms with E-state index in [9.17, 15) is 0 Å². The van der Waals surface area contributed by atoms with Crippen LogP contribution in [0.25, 0.3) is 11.4 Å². The number of nitrogen functional groups attached to an aromatic ring is 1. The molecular weight excluding hydrogens is 244 g/mol. The molecule has 0 atom stereocenters. The number of anilines is 3. The van der Waals surface area contributed by atoms with E-state index in [1.165, 1.54) is 6.26 Å². The van der Waals surface area contributed by atoms with Crippen molar-refractivity contribution in [1.29, 1.82) is 0 Å². The van der Waals surface area contributed by atoms with Gasteiger partial charge in [0.2, 0.25) is 11.9 Å². The van der Waals surface area contributed by atoms with Gasteiger partial charge in [0.1, 0.15) is 6.26 Å². The van der Waals surface area contributed by atoms with E-state index in [0.29, 0.717) is 17.6 Å². The summed E-state index contributed by atoms with van der Waals surface area (Å²) in [5.74, 6) is 1.46. The minimum atomic E-state index is 0.139. The quantitative estimate of drug-likeness (QED) is 0.735. The summed E-state index contributed by atoms with van der Waals surface area (Å²) in [7, 11) is 0. The molecule has 0 fully saturated rings. The maximum atomic E-state index is 5.68. The molecule has 0 amide bonds. The number of nitrogens with zero attached hydrogens (tertiary/aromatic N) is 4. The predicted octanol–water partition coefficient (Wildman–Crippen LogP) is 1.85. The first-order valence-corrected chi connectivity index (χ1v) is 5.55.